The van der Waals surface area contributed by atoms with E-state index in [1.165, 1.54) is 4.31 Å². The molecule has 1 amide bonds. The van der Waals surface area contributed by atoms with Gasteiger partial charge in [-0.05, 0) is 18.7 Å². The van der Waals surface area contributed by atoms with Gasteiger partial charge in [0.05, 0.1) is 25.3 Å². The summed E-state index contributed by atoms with van der Waals surface area (Å²) in [7, 11) is 1.57. The first-order valence-electron chi connectivity index (χ1n) is 7.08. The summed E-state index contributed by atoms with van der Waals surface area (Å²) in [5.41, 5.74) is -0.0699. The highest BCUT2D eigenvalue weighted by molar-refractivity contribution is 8.15. The van der Waals surface area contributed by atoms with Crippen LogP contribution in [-0.4, -0.2) is 52.4 Å². The highest BCUT2D eigenvalue weighted by atomic mass is 32.5. The van der Waals surface area contributed by atoms with Crippen molar-refractivity contribution < 1.29 is 18.6 Å². The van der Waals surface area contributed by atoms with E-state index in [-0.39, 0.29) is 10.5 Å². The molecule has 0 aliphatic carbocycles. The van der Waals surface area contributed by atoms with E-state index in [1.54, 1.807) is 18.0 Å². The Labute approximate surface area is 152 Å². The number of rotatable bonds is 6. The van der Waals surface area contributed by atoms with Gasteiger partial charge in [0, 0.05) is 19.0 Å². The van der Waals surface area contributed by atoms with Gasteiger partial charge in [-0.2, -0.15) is 4.08 Å². The number of carbonyl (C=O) groups is 1. The second kappa shape index (κ2) is 8.51. The molecule has 23 heavy (non-hydrogen) atoms. The molecule has 0 bridgehead atoms. The number of hydrogen-bond acceptors (Lipinski definition) is 7. The van der Waals surface area contributed by atoms with Crippen LogP contribution in [-0.2, 0) is 25.6 Å². The van der Waals surface area contributed by atoms with Crippen molar-refractivity contribution in [1.82, 2.24) is 8.38 Å². The SMILES string of the molecule is CCN(SN(C)C(=O)OC(C)C(=N)S)P1(=S)OCC(C)(C)CO1. The number of amides is 1. The fraction of sp³-hybridized carbons (Fsp3) is 0.833. The van der Waals surface area contributed by atoms with E-state index < -0.39 is 18.8 Å². The molecular weight excluding hydrogens is 377 g/mol. The first kappa shape index (κ1) is 21.2. The molecule has 1 atom stereocenters. The molecule has 0 aromatic carbocycles. The molecule has 1 heterocycles. The molecule has 7 nitrogen and oxygen atoms in total. The molecule has 1 saturated heterocycles. The van der Waals surface area contributed by atoms with Crippen LogP contribution in [0.25, 0.3) is 0 Å². The van der Waals surface area contributed by atoms with Crippen LogP contribution in [0.5, 0.6) is 0 Å². The van der Waals surface area contributed by atoms with E-state index >= 15 is 0 Å². The molecule has 1 fully saturated rings. The van der Waals surface area contributed by atoms with Crippen molar-refractivity contribution in [3.8, 4) is 0 Å². The van der Waals surface area contributed by atoms with E-state index in [9.17, 15) is 4.79 Å². The zero-order valence-corrected chi connectivity index (χ0v) is 17.4. The minimum atomic E-state index is -2.63. The van der Waals surface area contributed by atoms with Crippen molar-refractivity contribution in [1.29, 1.82) is 5.41 Å². The van der Waals surface area contributed by atoms with E-state index in [0.29, 0.717) is 19.8 Å². The van der Waals surface area contributed by atoms with Gasteiger partial charge < -0.3 is 13.8 Å². The van der Waals surface area contributed by atoms with Gasteiger partial charge >= 0.3 is 6.09 Å². The van der Waals surface area contributed by atoms with Crippen LogP contribution in [0.4, 0.5) is 4.79 Å². The van der Waals surface area contributed by atoms with Crippen molar-refractivity contribution in [2.45, 2.75) is 33.8 Å². The molecule has 0 aromatic rings. The Bertz CT molecular complexity index is 492. The van der Waals surface area contributed by atoms with Gasteiger partial charge in [-0.3, -0.25) is 5.41 Å². The number of nitrogens with one attached hydrogen (secondary N) is 1. The highest BCUT2D eigenvalue weighted by Crippen LogP contribution is 2.59. The average Bonchev–Trinajstić information content (AvgIpc) is 2.47. The Morgan fingerprint density at radius 3 is 2.48 bits per heavy atom. The quantitative estimate of drug-likeness (QED) is 0.232. The van der Waals surface area contributed by atoms with Gasteiger partial charge in [0.25, 0.3) is 6.64 Å². The number of thiol groups is 1. The fourth-order valence-corrected chi connectivity index (χ4v) is 5.62. The maximum atomic E-state index is 12.0. The predicted molar refractivity (Wildman–Crippen MR) is 100 cm³/mol. The third-order valence-corrected chi connectivity index (χ3v) is 8.26. The minimum Gasteiger partial charge on any atom is -0.439 e. The van der Waals surface area contributed by atoms with Crippen LogP contribution in [0.3, 0.4) is 0 Å². The summed E-state index contributed by atoms with van der Waals surface area (Å²) >= 11 is 10.5. The van der Waals surface area contributed by atoms with Gasteiger partial charge in [-0.1, -0.05) is 20.8 Å². The minimum absolute atomic E-state index is 0.0162. The molecule has 0 aromatic heterocycles. The summed E-state index contributed by atoms with van der Waals surface area (Å²) in [6.07, 6.45) is -1.28. The second-order valence-corrected chi connectivity index (χ2v) is 11.1. The third kappa shape index (κ3) is 6.19. The lowest BCUT2D eigenvalue weighted by molar-refractivity contribution is 0.0506. The van der Waals surface area contributed by atoms with E-state index in [0.717, 1.165) is 12.1 Å². The largest absolute Gasteiger partial charge is 0.439 e. The van der Waals surface area contributed by atoms with Crippen molar-refractivity contribution >= 4 is 54.3 Å². The van der Waals surface area contributed by atoms with Crippen molar-refractivity contribution in [3.63, 3.8) is 0 Å². The summed E-state index contributed by atoms with van der Waals surface area (Å²) in [6, 6.07) is 0. The van der Waals surface area contributed by atoms with E-state index in [4.69, 9.17) is 31.0 Å². The zero-order valence-electron chi connectivity index (χ0n) is 13.9. The molecule has 1 rings (SSSR count). The van der Waals surface area contributed by atoms with Crippen LogP contribution in [0.1, 0.15) is 27.7 Å². The molecule has 1 aliphatic heterocycles. The fourth-order valence-electron chi connectivity index (χ4n) is 1.45. The first-order chi connectivity index (χ1) is 10.5. The average molecular weight is 402 g/mol. The van der Waals surface area contributed by atoms with Crippen LogP contribution in [0, 0.1) is 10.8 Å². The smallest absolute Gasteiger partial charge is 0.421 e. The van der Waals surface area contributed by atoms with Gasteiger partial charge in [-0.15, -0.1) is 12.6 Å². The molecule has 1 aliphatic rings. The summed E-state index contributed by atoms with van der Waals surface area (Å²) in [4.78, 5) is 12.0. The Balaban J connectivity index is 2.67. The standard InChI is InChI=1S/C12H24N3O4PS3/c1-6-15(20(22)17-7-12(3,4)8-18-20)23-14(5)11(16)19-9(2)10(13)21/h9H,6-8H2,1-5H3,(H2,13,21). The number of hydrogen-bond donors (Lipinski definition) is 2. The maximum Gasteiger partial charge on any atom is 0.421 e. The lowest BCUT2D eigenvalue weighted by Crippen LogP contribution is -2.35. The summed E-state index contributed by atoms with van der Waals surface area (Å²) in [5.74, 6) is 0. The Morgan fingerprint density at radius 2 is 2.04 bits per heavy atom. The topological polar surface area (TPSA) is 75.1 Å². The Morgan fingerprint density at radius 1 is 1.52 bits per heavy atom. The van der Waals surface area contributed by atoms with Crippen molar-refractivity contribution in [2.75, 3.05) is 26.8 Å². The number of nitrogens with zero attached hydrogens (tertiary/aromatic N) is 2. The zero-order chi connectivity index (χ0) is 17.8. The first-order valence-corrected chi connectivity index (χ1v) is 10.8. The molecule has 0 spiro atoms. The lowest BCUT2D eigenvalue weighted by Gasteiger charge is -2.41. The summed E-state index contributed by atoms with van der Waals surface area (Å²) in [5, 5.41) is 7.32. The van der Waals surface area contributed by atoms with E-state index in [1.807, 2.05) is 20.8 Å². The molecule has 134 valence electrons. The van der Waals surface area contributed by atoms with Gasteiger partial charge in [0.2, 0.25) is 0 Å². The van der Waals surface area contributed by atoms with Gasteiger partial charge in [0.1, 0.15) is 11.1 Å². The molecule has 1 N–H and O–H groups in total. The van der Waals surface area contributed by atoms with Crippen LogP contribution >= 0.6 is 31.4 Å². The molecule has 1 unspecified atom stereocenters. The maximum absolute atomic E-state index is 12.0. The van der Waals surface area contributed by atoms with Crippen LogP contribution in [0.15, 0.2) is 0 Å². The summed E-state index contributed by atoms with van der Waals surface area (Å²) < 4.78 is 19.8. The third-order valence-electron chi connectivity index (χ3n) is 2.92. The van der Waals surface area contributed by atoms with Gasteiger partial charge in [0.15, 0.2) is 0 Å². The monoisotopic (exact) mass is 401 g/mol. The number of carbonyl (C=O) groups excluding carboxylic acids is 1. The van der Waals surface area contributed by atoms with Gasteiger partial charge in [-0.25, -0.2) is 9.10 Å². The van der Waals surface area contributed by atoms with Crippen molar-refractivity contribution in [2.24, 2.45) is 5.41 Å². The van der Waals surface area contributed by atoms with E-state index in [2.05, 4.69) is 12.6 Å². The Kier molecular flexibility index (Phi) is 7.85. The summed E-state index contributed by atoms with van der Waals surface area (Å²) in [6.45, 7) is 6.56. The molecule has 11 heteroatoms. The highest BCUT2D eigenvalue weighted by Gasteiger charge is 2.39. The normalized spacial score (nSPS) is 20.8. The Hall–Kier alpha value is 0.170. The second-order valence-electron chi connectivity index (χ2n) is 5.84. The van der Waals surface area contributed by atoms with Crippen LogP contribution in [0.2, 0.25) is 0 Å². The van der Waals surface area contributed by atoms with Crippen molar-refractivity contribution in [3.05, 3.63) is 0 Å². The lowest BCUT2D eigenvalue weighted by atomic mass is 9.97. The molecule has 0 radical (unpaired) electrons. The molecule has 0 saturated carbocycles. The molecular formula is C12H24N3O4PS3. The van der Waals surface area contributed by atoms with Crippen LogP contribution < -0.4 is 0 Å². The predicted octanol–water partition coefficient (Wildman–Crippen LogP) is 3.53. The number of ether oxygens (including phenoxy) is 1.